The van der Waals surface area contributed by atoms with E-state index < -0.39 is 0 Å². The summed E-state index contributed by atoms with van der Waals surface area (Å²) in [6.07, 6.45) is 10.2. The number of ether oxygens (including phenoxy) is 4. The molecule has 0 aliphatic heterocycles. The first-order valence-corrected chi connectivity index (χ1v) is 15.1. The van der Waals surface area contributed by atoms with E-state index in [2.05, 4.69) is 55.4 Å². The number of carbonyl (C=O) groups is 2. The molecule has 0 unspecified atom stereocenters. The highest BCUT2D eigenvalue weighted by Crippen LogP contribution is 2.34. The summed E-state index contributed by atoms with van der Waals surface area (Å²) in [5, 5.41) is 0. The largest absolute Gasteiger partial charge is 0.463 e. The van der Waals surface area contributed by atoms with E-state index in [0.29, 0.717) is 36.9 Å². The van der Waals surface area contributed by atoms with Crippen LogP contribution in [0, 0.1) is 23.7 Å². The van der Waals surface area contributed by atoms with Crippen LogP contribution in [-0.4, -0.2) is 49.6 Å². The lowest BCUT2D eigenvalue weighted by Crippen LogP contribution is -2.34. The van der Waals surface area contributed by atoms with Gasteiger partial charge in [0, 0.05) is 11.1 Å². The van der Waals surface area contributed by atoms with Crippen LogP contribution in [-0.2, 0) is 28.5 Å². The van der Waals surface area contributed by atoms with Crippen LogP contribution >= 0.6 is 0 Å². The van der Waals surface area contributed by atoms with E-state index >= 15 is 0 Å². The summed E-state index contributed by atoms with van der Waals surface area (Å²) in [5.74, 6) is 1.42. The molecule has 2 aliphatic carbocycles. The number of rotatable bonds is 12. The van der Waals surface area contributed by atoms with Crippen molar-refractivity contribution in [1.82, 2.24) is 0 Å². The van der Waals surface area contributed by atoms with Crippen LogP contribution in [0.15, 0.2) is 23.3 Å². The second kappa shape index (κ2) is 17.8. The first-order valence-electron chi connectivity index (χ1n) is 15.1. The van der Waals surface area contributed by atoms with E-state index in [1.165, 1.54) is 0 Å². The van der Waals surface area contributed by atoms with Crippen molar-refractivity contribution in [2.75, 3.05) is 13.2 Å². The van der Waals surface area contributed by atoms with Crippen molar-refractivity contribution in [2.45, 2.75) is 132 Å². The zero-order valence-electron chi connectivity index (χ0n) is 25.9. The van der Waals surface area contributed by atoms with Gasteiger partial charge in [-0.15, -0.1) is 0 Å². The minimum atomic E-state index is -0.181. The summed E-state index contributed by atoms with van der Waals surface area (Å²) >= 11 is 0. The Morgan fingerprint density at radius 2 is 0.974 bits per heavy atom. The van der Waals surface area contributed by atoms with Crippen molar-refractivity contribution in [2.24, 2.45) is 23.7 Å². The van der Waals surface area contributed by atoms with E-state index in [-0.39, 0.29) is 36.4 Å². The van der Waals surface area contributed by atoms with Gasteiger partial charge in [-0.3, -0.25) is 0 Å². The van der Waals surface area contributed by atoms with Gasteiger partial charge in [0.05, 0.1) is 37.6 Å². The first kappa shape index (κ1) is 34.4. The summed E-state index contributed by atoms with van der Waals surface area (Å²) < 4.78 is 22.5. The number of hydrogen-bond acceptors (Lipinski definition) is 6. The highest BCUT2D eigenvalue weighted by atomic mass is 16.5. The fraction of sp³-hybridized carbons (Fsp3) is 0.812. The van der Waals surface area contributed by atoms with Gasteiger partial charge in [-0.2, -0.15) is 0 Å². The monoisotopic (exact) mass is 536 g/mol. The third-order valence-electron chi connectivity index (χ3n) is 8.24. The van der Waals surface area contributed by atoms with E-state index in [4.69, 9.17) is 18.9 Å². The second-order valence-electron chi connectivity index (χ2n) is 11.0. The molecule has 6 heteroatoms. The number of carbonyl (C=O) groups excluding carboxylic acids is 2. The molecule has 2 rings (SSSR count). The number of esters is 2. The molecule has 0 N–H and O–H groups in total. The normalized spacial score (nSPS) is 27.3. The quantitative estimate of drug-likeness (QED) is 0.241. The van der Waals surface area contributed by atoms with E-state index in [1.54, 1.807) is 0 Å². The SMILES string of the molecule is CCOC(=O)C1=C[C@@H](OC(CC)CC)[C@H](C)[C@@H](C)C1.CCOC(=O)C1=C[C@@H](OC(CC)CC)[C@H](C)[C@@H](C)C1. The van der Waals surface area contributed by atoms with Crippen molar-refractivity contribution in [3.05, 3.63) is 23.3 Å². The molecule has 2 aliphatic rings. The summed E-state index contributed by atoms with van der Waals surface area (Å²) in [6, 6.07) is 0. The molecule has 0 aromatic carbocycles. The predicted molar refractivity (Wildman–Crippen MR) is 154 cm³/mol. The Hall–Kier alpha value is -1.66. The lowest BCUT2D eigenvalue weighted by molar-refractivity contribution is -0.140. The second-order valence-corrected chi connectivity index (χ2v) is 11.0. The third-order valence-corrected chi connectivity index (χ3v) is 8.24. The van der Waals surface area contributed by atoms with E-state index in [9.17, 15) is 9.59 Å². The van der Waals surface area contributed by atoms with Gasteiger partial charge >= 0.3 is 11.9 Å². The maximum absolute atomic E-state index is 11.9. The van der Waals surface area contributed by atoms with Gasteiger partial charge < -0.3 is 18.9 Å². The number of hydrogen-bond donors (Lipinski definition) is 0. The molecule has 0 aromatic rings. The highest BCUT2D eigenvalue weighted by molar-refractivity contribution is 5.89. The smallest absolute Gasteiger partial charge is 0.333 e. The minimum absolute atomic E-state index is 0.0352. The first-order chi connectivity index (χ1) is 18.1. The Balaban J connectivity index is 0.000000380. The molecule has 0 aromatic heterocycles. The zero-order valence-corrected chi connectivity index (χ0v) is 25.9. The molecular weight excluding hydrogens is 480 g/mol. The van der Waals surface area contributed by atoms with Crippen LogP contribution in [0.3, 0.4) is 0 Å². The van der Waals surface area contributed by atoms with Crippen LogP contribution in [0.5, 0.6) is 0 Å². The van der Waals surface area contributed by atoms with Crippen molar-refractivity contribution in [3.63, 3.8) is 0 Å². The summed E-state index contributed by atoms with van der Waals surface area (Å²) in [5.41, 5.74) is 1.56. The summed E-state index contributed by atoms with van der Waals surface area (Å²) in [6.45, 7) is 21.9. The maximum atomic E-state index is 11.9. The molecule has 6 nitrogen and oxygen atoms in total. The Kier molecular flexibility index (Phi) is 16.1. The van der Waals surface area contributed by atoms with Crippen molar-refractivity contribution < 1.29 is 28.5 Å². The molecule has 0 radical (unpaired) electrons. The van der Waals surface area contributed by atoms with E-state index in [1.807, 2.05) is 26.0 Å². The van der Waals surface area contributed by atoms with Crippen LogP contribution in [0.2, 0.25) is 0 Å². The molecule has 0 saturated heterocycles. The van der Waals surface area contributed by atoms with Crippen LogP contribution < -0.4 is 0 Å². The Bertz CT molecular complexity index is 700. The van der Waals surface area contributed by atoms with E-state index in [0.717, 1.165) is 49.7 Å². The van der Waals surface area contributed by atoms with Crippen LogP contribution in [0.1, 0.15) is 108 Å². The average molecular weight is 537 g/mol. The molecular formula is C32H56O6. The molecule has 0 bridgehead atoms. The lowest BCUT2D eigenvalue weighted by atomic mass is 9.80. The van der Waals surface area contributed by atoms with Crippen molar-refractivity contribution in [1.29, 1.82) is 0 Å². The molecule has 0 amide bonds. The van der Waals surface area contributed by atoms with Gasteiger partial charge in [0.1, 0.15) is 0 Å². The fourth-order valence-corrected chi connectivity index (χ4v) is 5.03. The summed E-state index contributed by atoms with van der Waals surface area (Å²) in [7, 11) is 0. The summed E-state index contributed by atoms with van der Waals surface area (Å²) in [4.78, 5) is 23.7. The molecule has 6 atom stereocenters. The van der Waals surface area contributed by atoms with Crippen molar-refractivity contribution in [3.8, 4) is 0 Å². The lowest BCUT2D eigenvalue weighted by Gasteiger charge is -2.34. The molecule has 38 heavy (non-hydrogen) atoms. The molecule has 0 saturated carbocycles. The molecule has 0 heterocycles. The molecule has 0 spiro atoms. The third kappa shape index (κ3) is 10.5. The van der Waals surface area contributed by atoms with Crippen LogP contribution in [0.25, 0.3) is 0 Å². The molecule has 220 valence electrons. The minimum Gasteiger partial charge on any atom is -0.463 e. The molecule has 0 fully saturated rings. The van der Waals surface area contributed by atoms with Gasteiger partial charge in [-0.1, -0.05) is 55.4 Å². The fourth-order valence-electron chi connectivity index (χ4n) is 5.03. The Morgan fingerprint density at radius 1 is 0.658 bits per heavy atom. The van der Waals surface area contributed by atoms with Gasteiger partial charge in [0.2, 0.25) is 0 Å². The standard InChI is InChI=1S/2C16H28O3/c2*1-6-14(7-2)19-15-10-13(16(17)18-8-3)9-11(4)12(15)5/h2*10-12,14-15H,6-9H2,1-5H3/t2*11-,12+,15+/m00/s1. The van der Waals surface area contributed by atoms with Crippen molar-refractivity contribution >= 4 is 11.9 Å². The van der Waals surface area contributed by atoms with Gasteiger partial charge in [0.15, 0.2) is 0 Å². The zero-order chi connectivity index (χ0) is 28.8. The van der Waals surface area contributed by atoms with Gasteiger partial charge in [-0.05, 0) is 88.2 Å². The van der Waals surface area contributed by atoms with Gasteiger partial charge in [0.25, 0.3) is 0 Å². The maximum Gasteiger partial charge on any atom is 0.333 e. The highest BCUT2D eigenvalue weighted by Gasteiger charge is 2.33. The van der Waals surface area contributed by atoms with Crippen LogP contribution in [0.4, 0.5) is 0 Å². The Labute approximate surface area is 232 Å². The topological polar surface area (TPSA) is 71.1 Å². The Morgan fingerprint density at radius 3 is 1.24 bits per heavy atom. The average Bonchev–Trinajstić information content (AvgIpc) is 2.90. The van der Waals surface area contributed by atoms with Gasteiger partial charge in [-0.25, -0.2) is 9.59 Å². The predicted octanol–water partition coefficient (Wildman–Crippen LogP) is 7.45.